The van der Waals surface area contributed by atoms with Crippen molar-refractivity contribution in [3.05, 3.63) is 58.3 Å². The van der Waals surface area contributed by atoms with Gasteiger partial charge in [0, 0.05) is 35.7 Å². The van der Waals surface area contributed by atoms with Crippen molar-refractivity contribution >= 4 is 43.4 Å². The fourth-order valence-electron chi connectivity index (χ4n) is 2.70. The minimum atomic E-state index is -3.81. The van der Waals surface area contributed by atoms with Crippen molar-refractivity contribution in [3.8, 4) is 0 Å². The van der Waals surface area contributed by atoms with Gasteiger partial charge in [-0.15, -0.1) is 4.40 Å². The molecule has 1 aliphatic rings. The Bertz CT molecular complexity index is 987. The topological polar surface area (TPSA) is 78.8 Å². The van der Waals surface area contributed by atoms with Crippen LogP contribution in [0.2, 0.25) is 0 Å². The third-order valence-electron chi connectivity index (χ3n) is 4.09. The summed E-state index contributed by atoms with van der Waals surface area (Å²) in [6.45, 7) is 0.787. The molecule has 142 valence electrons. The summed E-state index contributed by atoms with van der Waals surface area (Å²) in [6.07, 6.45) is 1.51. The number of carbonyl (C=O) groups is 1. The predicted octanol–water partition coefficient (Wildman–Crippen LogP) is 3.65. The molecule has 1 heterocycles. The molecule has 3 rings (SSSR count). The van der Waals surface area contributed by atoms with Crippen molar-refractivity contribution in [1.82, 2.24) is 4.90 Å². The number of rotatable bonds is 4. The Kier molecular flexibility index (Phi) is 5.61. The molecule has 0 unspecified atom stereocenters. The van der Waals surface area contributed by atoms with E-state index in [0.29, 0.717) is 22.4 Å². The summed E-state index contributed by atoms with van der Waals surface area (Å²) in [5, 5.41) is 2.61. The molecule has 1 N–H and O–H groups in total. The van der Waals surface area contributed by atoms with E-state index < -0.39 is 21.7 Å². The number of nitrogens with zero attached hydrogens (tertiary/aromatic N) is 2. The number of likely N-dealkylation sites (tertiary alicyclic amines) is 1. The van der Waals surface area contributed by atoms with Gasteiger partial charge in [0.2, 0.25) is 0 Å². The molecule has 1 saturated heterocycles. The Morgan fingerprint density at radius 3 is 2.52 bits per heavy atom. The molecular weight excluding hydrogens is 437 g/mol. The van der Waals surface area contributed by atoms with Gasteiger partial charge < -0.3 is 10.2 Å². The maximum absolute atomic E-state index is 13.4. The fraction of sp³-hybridized carbons (Fsp3) is 0.222. The Morgan fingerprint density at radius 1 is 1.22 bits per heavy atom. The predicted molar refractivity (Wildman–Crippen MR) is 105 cm³/mol. The highest BCUT2D eigenvalue weighted by Crippen LogP contribution is 2.20. The number of hydrogen-bond donors (Lipinski definition) is 1. The lowest BCUT2D eigenvalue weighted by molar-refractivity contribution is 0.102. The number of carbonyl (C=O) groups excluding carboxylic acids is 1. The zero-order chi connectivity index (χ0) is 19.6. The summed E-state index contributed by atoms with van der Waals surface area (Å²) in [5.74, 6) is -0.491. The van der Waals surface area contributed by atoms with E-state index in [-0.39, 0.29) is 10.5 Å². The highest BCUT2D eigenvalue weighted by atomic mass is 79.9. The highest BCUT2D eigenvalue weighted by molar-refractivity contribution is 9.10. The van der Waals surface area contributed by atoms with E-state index in [1.54, 1.807) is 0 Å². The molecule has 6 nitrogen and oxygen atoms in total. The van der Waals surface area contributed by atoms with Gasteiger partial charge in [-0.1, -0.05) is 15.9 Å². The van der Waals surface area contributed by atoms with Crippen molar-refractivity contribution in [1.29, 1.82) is 0 Å². The second-order valence-electron chi connectivity index (χ2n) is 6.14. The first-order valence-corrected chi connectivity index (χ1v) is 10.4. The summed E-state index contributed by atoms with van der Waals surface area (Å²) in [5.41, 5.74) is 0.541. The summed E-state index contributed by atoms with van der Waals surface area (Å²) < 4.78 is 42.6. The standard InChI is InChI=1S/C18H17BrFN3O3S/c1-23-8-2-3-17(23)22-27(25,26)16-6-4-15(5-7-16)21-18(24)12-9-13(19)11-14(20)10-12/h4-7,9-11H,2-3,8H2,1H3,(H,21,24). The quantitative estimate of drug-likeness (QED) is 0.765. The van der Waals surface area contributed by atoms with Gasteiger partial charge in [0.25, 0.3) is 15.9 Å². The van der Waals surface area contributed by atoms with Crippen LogP contribution in [-0.4, -0.2) is 38.7 Å². The van der Waals surface area contributed by atoms with Crippen molar-refractivity contribution < 1.29 is 17.6 Å². The molecule has 27 heavy (non-hydrogen) atoms. The average molecular weight is 454 g/mol. The van der Waals surface area contributed by atoms with Crippen molar-refractivity contribution in [3.63, 3.8) is 0 Å². The van der Waals surface area contributed by atoms with E-state index in [1.165, 1.54) is 36.4 Å². The molecule has 9 heteroatoms. The van der Waals surface area contributed by atoms with Crippen LogP contribution in [0.3, 0.4) is 0 Å². The van der Waals surface area contributed by atoms with Crippen LogP contribution in [-0.2, 0) is 10.0 Å². The van der Waals surface area contributed by atoms with Crippen LogP contribution in [0, 0.1) is 5.82 Å². The Morgan fingerprint density at radius 2 is 1.93 bits per heavy atom. The first kappa shape index (κ1) is 19.5. The molecule has 1 aliphatic heterocycles. The molecule has 2 aromatic rings. The molecule has 2 aromatic carbocycles. The van der Waals surface area contributed by atoms with E-state index in [2.05, 4.69) is 25.6 Å². The summed E-state index contributed by atoms with van der Waals surface area (Å²) in [7, 11) is -2.00. The van der Waals surface area contributed by atoms with Crippen molar-refractivity contribution in [2.45, 2.75) is 17.7 Å². The lowest BCUT2D eigenvalue weighted by Gasteiger charge is -2.11. The zero-order valence-corrected chi connectivity index (χ0v) is 16.8. The summed E-state index contributed by atoms with van der Waals surface area (Å²) in [4.78, 5) is 14.1. The van der Waals surface area contributed by atoms with E-state index in [0.717, 1.165) is 19.0 Å². The third kappa shape index (κ3) is 4.72. The van der Waals surface area contributed by atoms with Gasteiger partial charge in [0.15, 0.2) is 0 Å². The highest BCUT2D eigenvalue weighted by Gasteiger charge is 2.20. The zero-order valence-electron chi connectivity index (χ0n) is 14.4. The fourth-order valence-corrected chi connectivity index (χ4v) is 4.26. The monoisotopic (exact) mass is 453 g/mol. The number of anilines is 1. The molecule has 0 saturated carbocycles. The van der Waals surface area contributed by atoms with Crippen LogP contribution in [0.1, 0.15) is 23.2 Å². The normalized spacial score (nSPS) is 16.0. The molecule has 0 aromatic heterocycles. The van der Waals surface area contributed by atoms with Crippen LogP contribution < -0.4 is 5.32 Å². The van der Waals surface area contributed by atoms with Crippen LogP contribution in [0.25, 0.3) is 0 Å². The second kappa shape index (κ2) is 7.77. The van der Waals surface area contributed by atoms with E-state index >= 15 is 0 Å². The van der Waals surface area contributed by atoms with E-state index in [1.807, 2.05) is 11.9 Å². The average Bonchev–Trinajstić information content (AvgIpc) is 2.98. The first-order valence-electron chi connectivity index (χ1n) is 8.17. The maximum atomic E-state index is 13.4. The van der Waals surface area contributed by atoms with Gasteiger partial charge in [-0.25, -0.2) is 4.39 Å². The number of sulfonamides is 1. The van der Waals surface area contributed by atoms with Crippen LogP contribution >= 0.6 is 15.9 Å². The number of halogens is 2. The summed E-state index contributed by atoms with van der Waals surface area (Å²) >= 11 is 3.14. The lowest BCUT2D eigenvalue weighted by atomic mass is 10.2. The van der Waals surface area contributed by atoms with Crippen LogP contribution in [0.4, 0.5) is 10.1 Å². The minimum Gasteiger partial charge on any atom is -0.362 e. The van der Waals surface area contributed by atoms with Gasteiger partial charge in [-0.3, -0.25) is 4.79 Å². The smallest absolute Gasteiger partial charge is 0.283 e. The van der Waals surface area contributed by atoms with Crippen LogP contribution in [0.15, 0.2) is 56.2 Å². The molecular formula is C18H17BrFN3O3S. The van der Waals surface area contributed by atoms with Gasteiger partial charge in [0.05, 0.1) is 4.90 Å². The van der Waals surface area contributed by atoms with Crippen molar-refractivity contribution in [2.75, 3.05) is 18.9 Å². The van der Waals surface area contributed by atoms with Gasteiger partial charge in [0.1, 0.15) is 11.7 Å². The third-order valence-corrected chi connectivity index (χ3v) is 5.87. The number of amides is 1. The Labute approximate surface area is 165 Å². The maximum Gasteiger partial charge on any atom is 0.283 e. The van der Waals surface area contributed by atoms with Gasteiger partial charge in [-0.05, 0) is 48.9 Å². The molecule has 0 spiro atoms. The van der Waals surface area contributed by atoms with E-state index in [4.69, 9.17) is 0 Å². The molecule has 1 amide bonds. The molecule has 0 atom stereocenters. The number of amidine groups is 1. The second-order valence-corrected chi connectivity index (χ2v) is 8.66. The molecule has 0 radical (unpaired) electrons. The van der Waals surface area contributed by atoms with Gasteiger partial charge in [-0.2, -0.15) is 8.42 Å². The van der Waals surface area contributed by atoms with Crippen LogP contribution in [0.5, 0.6) is 0 Å². The van der Waals surface area contributed by atoms with Gasteiger partial charge >= 0.3 is 0 Å². The largest absolute Gasteiger partial charge is 0.362 e. The number of benzene rings is 2. The number of hydrogen-bond acceptors (Lipinski definition) is 3. The van der Waals surface area contributed by atoms with E-state index in [9.17, 15) is 17.6 Å². The summed E-state index contributed by atoms with van der Waals surface area (Å²) in [6, 6.07) is 9.56. The van der Waals surface area contributed by atoms with Crippen molar-refractivity contribution in [2.24, 2.45) is 4.40 Å². The molecule has 0 bridgehead atoms. The lowest BCUT2D eigenvalue weighted by Crippen LogP contribution is -2.20. The SMILES string of the molecule is CN1CCCC1=NS(=O)(=O)c1ccc(NC(=O)c2cc(F)cc(Br)c2)cc1. The number of nitrogens with one attached hydrogen (secondary N) is 1. The molecule has 1 fully saturated rings. The Balaban J connectivity index is 1.76. The molecule has 0 aliphatic carbocycles. The first-order chi connectivity index (χ1) is 12.7. The Hall–Kier alpha value is -2.26. The minimum absolute atomic E-state index is 0.0433.